The monoisotopic (exact) mass is 335 g/mol. The van der Waals surface area contributed by atoms with Gasteiger partial charge in [0.25, 0.3) is 5.91 Å². The molecule has 0 aliphatic heterocycles. The van der Waals surface area contributed by atoms with Crippen LogP contribution in [-0.4, -0.2) is 22.8 Å². The number of benzene rings is 1. The number of nitrogens with one attached hydrogen (secondary N) is 2. The summed E-state index contributed by atoms with van der Waals surface area (Å²) in [5.74, 6) is -0.215. The molecule has 1 atom stereocenters. The minimum absolute atomic E-state index is 0.0407. The van der Waals surface area contributed by atoms with Gasteiger partial charge in [0.05, 0.1) is 6.04 Å². The highest BCUT2D eigenvalue weighted by Gasteiger charge is 2.23. The lowest BCUT2D eigenvalue weighted by Crippen LogP contribution is -2.25. The summed E-state index contributed by atoms with van der Waals surface area (Å²) < 4.78 is 0. The number of hydrogen-bond acceptors (Lipinski definition) is 3. The summed E-state index contributed by atoms with van der Waals surface area (Å²) in [5.41, 5.74) is 2.46. The summed E-state index contributed by atoms with van der Waals surface area (Å²) in [5, 5.41) is 5.85. The summed E-state index contributed by atoms with van der Waals surface area (Å²) in [6, 6.07) is 11.2. The molecule has 25 heavy (non-hydrogen) atoms. The van der Waals surface area contributed by atoms with Crippen LogP contribution in [0.25, 0.3) is 6.08 Å². The Hall–Kier alpha value is -2.95. The van der Waals surface area contributed by atoms with Crippen molar-refractivity contribution in [1.82, 2.24) is 15.6 Å². The van der Waals surface area contributed by atoms with Gasteiger partial charge in [-0.15, -0.1) is 0 Å². The molecular weight excluding hydrogens is 314 g/mol. The van der Waals surface area contributed by atoms with Crippen molar-refractivity contribution < 1.29 is 9.59 Å². The van der Waals surface area contributed by atoms with E-state index in [-0.39, 0.29) is 17.9 Å². The highest BCUT2D eigenvalue weighted by atomic mass is 16.2. The molecule has 0 spiro atoms. The molecule has 0 radical (unpaired) electrons. The molecule has 0 bridgehead atoms. The first kappa shape index (κ1) is 16.9. The van der Waals surface area contributed by atoms with E-state index in [9.17, 15) is 9.59 Å². The van der Waals surface area contributed by atoms with Gasteiger partial charge in [-0.25, -0.2) is 0 Å². The van der Waals surface area contributed by atoms with Crippen molar-refractivity contribution in [2.75, 3.05) is 0 Å². The Kier molecular flexibility index (Phi) is 5.23. The fourth-order valence-corrected chi connectivity index (χ4v) is 2.39. The number of hydrogen-bond donors (Lipinski definition) is 2. The van der Waals surface area contributed by atoms with E-state index in [1.165, 1.54) is 6.08 Å². The van der Waals surface area contributed by atoms with Gasteiger partial charge in [0.1, 0.15) is 0 Å². The maximum Gasteiger partial charge on any atom is 0.251 e. The predicted octanol–water partition coefficient (Wildman–Crippen LogP) is 2.86. The van der Waals surface area contributed by atoms with E-state index in [0.717, 1.165) is 24.0 Å². The topological polar surface area (TPSA) is 71.1 Å². The average Bonchev–Trinajstić information content (AvgIpc) is 3.45. The van der Waals surface area contributed by atoms with Crippen LogP contribution >= 0.6 is 0 Å². The largest absolute Gasteiger partial charge is 0.349 e. The number of carbonyl (C=O) groups is 2. The molecule has 2 N–H and O–H groups in total. The molecule has 1 aromatic carbocycles. The molecule has 2 aromatic rings. The lowest BCUT2D eigenvalue weighted by molar-refractivity contribution is -0.117. The SMILES string of the molecule is C[C@@H](NC(=O)/C=C/c1ccc(C(=O)NC2CC2)cc1)c1cccnc1. The van der Waals surface area contributed by atoms with Crippen LogP contribution in [0.5, 0.6) is 0 Å². The van der Waals surface area contributed by atoms with Crippen LogP contribution in [-0.2, 0) is 4.79 Å². The Morgan fingerprint density at radius 3 is 2.60 bits per heavy atom. The van der Waals surface area contributed by atoms with Crippen LogP contribution in [0.2, 0.25) is 0 Å². The minimum atomic E-state index is -0.174. The number of carbonyl (C=O) groups excluding carboxylic acids is 2. The van der Waals surface area contributed by atoms with Gasteiger partial charge in [-0.1, -0.05) is 18.2 Å². The first-order valence-electron chi connectivity index (χ1n) is 8.41. The maximum atomic E-state index is 12.0. The summed E-state index contributed by atoms with van der Waals surface area (Å²) in [7, 11) is 0. The van der Waals surface area contributed by atoms with Gasteiger partial charge in [-0.2, -0.15) is 0 Å². The molecule has 0 saturated heterocycles. The molecule has 1 saturated carbocycles. The molecule has 1 heterocycles. The number of nitrogens with zero attached hydrogens (tertiary/aromatic N) is 1. The molecule has 2 amide bonds. The molecule has 0 unspecified atom stereocenters. The van der Waals surface area contributed by atoms with Gasteiger partial charge in [0, 0.05) is 30.1 Å². The average molecular weight is 335 g/mol. The Morgan fingerprint density at radius 1 is 1.20 bits per heavy atom. The normalized spacial score (nSPS) is 14.9. The molecule has 1 aliphatic rings. The van der Waals surface area contributed by atoms with E-state index in [1.54, 1.807) is 30.6 Å². The fraction of sp³-hybridized carbons (Fsp3) is 0.250. The number of aromatic nitrogens is 1. The lowest BCUT2D eigenvalue weighted by atomic mass is 10.1. The number of pyridine rings is 1. The van der Waals surface area contributed by atoms with Crippen molar-refractivity contribution in [3.05, 3.63) is 71.6 Å². The van der Waals surface area contributed by atoms with E-state index < -0.39 is 0 Å². The van der Waals surface area contributed by atoms with Crippen molar-refractivity contribution in [1.29, 1.82) is 0 Å². The molecule has 1 fully saturated rings. The second kappa shape index (κ2) is 7.75. The third-order valence-corrected chi connectivity index (χ3v) is 4.06. The van der Waals surface area contributed by atoms with Gasteiger partial charge in [-0.3, -0.25) is 14.6 Å². The second-order valence-electron chi connectivity index (χ2n) is 6.22. The Morgan fingerprint density at radius 2 is 1.96 bits per heavy atom. The van der Waals surface area contributed by atoms with Gasteiger partial charge >= 0.3 is 0 Å². The van der Waals surface area contributed by atoms with E-state index in [1.807, 2.05) is 31.2 Å². The summed E-state index contributed by atoms with van der Waals surface area (Å²) in [6.07, 6.45) is 8.80. The van der Waals surface area contributed by atoms with Crippen molar-refractivity contribution in [2.24, 2.45) is 0 Å². The summed E-state index contributed by atoms with van der Waals surface area (Å²) >= 11 is 0. The first-order chi connectivity index (χ1) is 12.1. The van der Waals surface area contributed by atoms with Crippen molar-refractivity contribution in [3.8, 4) is 0 Å². The highest BCUT2D eigenvalue weighted by Crippen LogP contribution is 2.19. The maximum absolute atomic E-state index is 12.0. The third kappa shape index (κ3) is 5.01. The first-order valence-corrected chi connectivity index (χ1v) is 8.41. The van der Waals surface area contributed by atoms with Gasteiger partial charge in [-0.05, 0) is 55.2 Å². The van der Waals surface area contributed by atoms with Crippen LogP contribution in [0.15, 0.2) is 54.9 Å². The minimum Gasteiger partial charge on any atom is -0.349 e. The zero-order valence-electron chi connectivity index (χ0n) is 14.1. The Labute approximate surface area is 147 Å². The van der Waals surface area contributed by atoms with Crippen LogP contribution in [0.1, 0.15) is 47.3 Å². The standard InChI is InChI=1S/C20H21N3O2/c1-14(17-3-2-12-21-13-17)22-19(24)11-6-15-4-7-16(8-5-15)20(25)23-18-9-10-18/h2-8,11-14,18H,9-10H2,1H3,(H,22,24)(H,23,25)/b11-6+/t14-/m1/s1. The van der Waals surface area contributed by atoms with Crippen molar-refractivity contribution in [2.45, 2.75) is 31.8 Å². The zero-order chi connectivity index (χ0) is 17.6. The Bertz CT molecular complexity index is 765. The smallest absolute Gasteiger partial charge is 0.251 e. The van der Waals surface area contributed by atoms with Crippen LogP contribution in [0, 0.1) is 0 Å². The van der Waals surface area contributed by atoms with E-state index >= 15 is 0 Å². The quantitative estimate of drug-likeness (QED) is 0.798. The summed E-state index contributed by atoms with van der Waals surface area (Å²) in [4.78, 5) is 28.0. The third-order valence-electron chi connectivity index (χ3n) is 4.06. The fourth-order valence-electron chi connectivity index (χ4n) is 2.39. The molecular formula is C20H21N3O2. The highest BCUT2D eigenvalue weighted by molar-refractivity contribution is 5.95. The lowest BCUT2D eigenvalue weighted by Gasteiger charge is -2.12. The molecule has 5 heteroatoms. The van der Waals surface area contributed by atoms with Gasteiger partial charge in [0.15, 0.2) is 0 Å². The molecule has 1 aliphatic carbocycles. The van der Waals surface area contributed by atoms with E-state index in [2.05, 4.69) is 15.6 Å². The molecule has 1 aromatic heterocycles. The molecule has 5 nitrogen and oxygen atoms in total. The van der Waals surface area contributed by atoms with E-state index in [0.29, 0.717) is 11.6 Å². The summed E-state index contributed by atoms with van der Waals surface area (Å²) in [6.45, 7) is 1.91. The molecule has 128 valence electrons. The van der Waals surface area contributed by atoms with Crippen molar-refractivity contribution in [3.63, 3.8) is 0 Å². The van der Waals surface area contributed by atoms with Crippen LogP contribution in [0.4, 0.5) is 0 Å². The Balaban J connectivity index is 1.54. The van der Waals surface area contributed by atoms with Crippen LogP contribution in [0.3, 0.4) is 0 Å². The number of amides is 2. The second-order valence-corrected chi connectivity index (χ2v) is 6.22. The van der Waals surface area contributed by atoms with Gasteiger partial charge in [0.2, 0.25) is 5.91 Å². The van der Waals surface area contributed by atoms with E-state index in [4.69, 9.17) is 0 Å². The van der Waals surface area contributed by atoms with Crippen molar-refractivity contribution >= 4 is 17.9 Å². The predicted molar refractivity (Wildman–Crippen MR) is 96.8 cm³/mol. The van der Waals surface area contributed by atoms with Gasteiger partial charge < -0.3 is 10.6 Å². The molecule has 3 rings (SSSR count). The zero-order valence-corrected chi connectivity index (χ0v) is 14.1. The van der Waals surface area contributed by atoms with Crippen LogP contribution < -0.4 is 10.6 Å². The number of rotatable bonds is 6.